The molecule has 0 saturated carbocycles. The van der Waals surface area contributed by atoms with Crippen molar-refractivity contribution in [3.8, 4) is 0 Å². The first-order valence-electron chi connectivity index (χ1n) is 5.44. The van der Waals surface area contributed by atoms with Gasteiger partial charge in [0.2, 0.25) is 5.82 Å². The molecule has 0 aliphatic carbocycles. The van der Waals surface area contributed by atoms with Gasteiger partial charge in [0, 0.05) is 6.54 Å². The predicted molar refractivity (Wildman–Crippen MR) is 75.3 cm³/mol. The van der Waals surface area contributed by atoms with E-state index in [2.05, 4.69) is 31.1 Å². The summed E-state index contributed by atoms with van der Waals surface area (Å²) in [5, 5.41) is 8.63. The van der Waals surface area contributed by atoms with Crippen LogP contribution in [0, 0.1) is 6.92 Å². The van der Waals surface area contributed by atoms with E-state index >= 15 is 0 Å². The zero-order valence-corrected chi connectivity index (χ0v) is 12.5. The van der Waals surface area contributed by atoms with E-state index in [1.807, 2.05) is 18.5 Å². The summed E-state index contributed by atoms with van der Waals surface area (Å²) in [6.45, 7) is 5.38. The molecule has 0 unspecified atom stereocenters. The molecule has 8 heteroatoms. The van der Waals surface area contributed by atoms with Gasteiger partial charge in [0.25, 0.3) is 0 Å². The number of nitrogens with two attached hydrogens (primary N) is 1. The molecule has 0 aliphatic rings. The second kappa shape index (κ2) is 5.15. The van der Waals surface area contributed by atoms with Crippen LogP contribution in [0.25, 0.3) is 0 Å². The number of hydrogen-bond acceptors (Lipinski definition) is 4. The fraction of sp³-hybridized carbons (Fsp3) is 0.400. The summed E-state index contributed by atoms with van der Waals surface area (Å²) in [6, 6.07) is 0. The molecule has 0 fully saturated rings. The van der Waals surface area contributed by atoms with Crippen molar-refractivity contribution in [3.63, 3.8) is 0 Å². The van der Waals surface area contributed by atoms with Gasteiger partial charge in [-0.3, -0.25) is 4.68 Å². The van der Waals surface area contributed by atoms with Gasteiger partial charge in [0.05, 0.1) is 22.4 Å². The second-order valence-corrected chi connectivity index (χ2v) is 5.02. The van der Waals surface area contributed by atoms with Crippen LogP contribution < -0.4 is 5.73 Å². The van der Waals surface area contributed by atoms with Gasteiger partial charge in [-0.25, -0.2) is 9.67 Å². The third kappa shape index (κ3) is 2.44. The quantitative estimate of drug-likeness (QED) is 0.855. The number of rotatable bonds is 4. The van der Waals surface area contributed by atoms with Gasteiger partial charge in [0.1, 0.15) is 11.3 Å². The molecule has 2 aromatic rings. The van der Waals surface area contributed by atoms with E-state index < -0.39 is 0 Å². The Kier molecular flexibility index (Phi) is 3.76. The summed E-state index contributed by atoms with van der Waals surface area (Å²) in [5.74, 6) is 0.389. The van der Waals surface area contributed by atoms with Gasteiger partial charge in [-0.05, 0) is 29.8 Å². The maximum absolute atomic E-state index is 5.48. The van der Waals surface area contributed by atoms with Crippen molar-refractivity contribution in [1.29, 1.82) is 0 Å². The van der Waals surface area contributed by atoms with Gasteiger partial charge < -0.3 is 5.73 Å². The minimum absolute atomic E-state index is 0.202. The summed E-state index contributed by atoms with van der Waals surface area (Å²) < 4.78 is 4.63. The van der Waals surface area contributed by atoms with Crippen molar-refractivity contribution in [1.82, 2.24) is 24.5 Å². The van der Waals surface area contributed by atoms with E-state index in [9.17, 15) is 0 Å². The average Bonchev–Trinajstić information content (AvgIpc) is 2.89. The molecular formula is C10H13BrN6S. The maximum atomic E-state index is 5.48. The zero-order valence-electron chi connectivity index (χ0n) is 10.1. The average molecular weight is 329 g/mol. The lowest BCUT2D eigenvalue weighted by Crippen LogP contribution is -2.13. The van der Waals surface area contributed by atoms with Gasteiger partial charge >= 0.3 is 0 Å². The van der Waals surface area contributed by atoms with E-state index in [1.54, 1.807) is 11.0 Å². The van der Waals surface area contributed by atoms with E-state index in [0.29, 0.717) is 12.4 Å². The summed E-state index contributed by atoms with van der Waals surface area (Å²) in [6.07, 6.45) is 1.61. The van der Waals surface area contributed by atoms with Gasteiger partial charge in [-0.1, -0.05) is 12.2 Å². The molecule has 2 heterocycles. The highest BCUT2D eigenvalue weighted by Gasteiger charge is 2.13. The first-order valence-corrected chi connectivity index (χ1v) is 6.64. The first-order chi connectivity index (χ1) is 8.52. The topological polar surface area (TPSA) is 74.5 Å². The Balaban J connectivity index is 2.30. The van der Waals surface area contributed by atoms with Gasteiger partial charge in [0.15, 0.2) is 0 Å². The number of halogens is 1. The molecule has 0 radical (unpaired) electrons. The molecule has 0 amide bonds. The Morgan fingerprint density at radius 2 is 2.22 bits per heavy atom. The Bertz CT molecular complexity index is 587. The molecular weight excluding hydrogens is 316 g/mol. The van der Waals surface area contributed by atoms with Gasteiger partial charge in [-0.15, -0.1) is 5.10 Å². The van der Waals surface area contributed by atoms with E-state index in [-0.39, 0.29) is 4.99 Å². The highest BCUT2D eigenvalue weighted by molar-refractivity contribution is 9.10. The fourth-order valence-corrected chi connectivity index (χ4v) is 2.16. The predicted octanol–water partition coefficient (Wildman–Crippen LogP) is 1.25. The van der Waals surface area contributed by atoms with Crippen LogP contribution in [0.15, 0.2) is 10.8 Å². The maximum Gasteiger partial charge on any atom is 0.208 e. The van der Waals surface area contributed by atoms with Crippen LogP contribution in [0.5, 0.6) is 0 Å². The van der Waals surface area contributed by atoms with Crippen LogP contribution in [-0.4, -0.2) is 29.5 Å². The number of nitrogens with zero attached hydrogens (tertiary/aromatic N) is 5. The molecule has 0 saturated heterocycles. The molecule has 0 spiro atoms. The smallest absolute Gasteiger partial charge is 0.208 e. The van der Waals surface area contributed by atoms with Crippen LogP contribution in [-0.2, 0) is 13.1 Å². The van der Waals surface area contributed by atoms with E-state index in [0.717, 1.165) is 22.4 Å². The summed E-state index contributed by atoms with van der Waals surface area (Å²) >= 11 is 8.37. The lowest BCUT2D eigenvalue weighted by atomic mass is 10.3. The molecule has 96 valence electrons. The Morgan fingerprint density at radius 1 is 1.50 bits per heavy atom. The van der Waals surface area contributed by atoms with Crippen LogP contribution in [0.4, 0.5) is 0 Å². The van der Waals surface area contributed by atoms with Crippen molar-refractivity contribution >= 4 is 33.1 Å². The molecule has 0 aromatic carbocycles. The number of aromatic nitrogens is 5. The molecule has 6 nitrogen and oxygen atoms in total. The van der Waals surface area contributed by atoms with Crippen molar-refractivity contribution in [3.05, 3.63) is 28.0 Å². The molecule has 18 heavy (non-hydrogen) atoms. The molecule has 2 rings (SSSR count). The Morgan fingerprint density at radius 3 is 2.78 bits per heavy atom. The van der Waals surface area contributed by atoms with Crippen LogP contribution in [0.2, 0.25) is 0 Å². The first kappa shape index (κ1) is 13.2. The van der Waals surface area contributed by atoms with Crippen molar-refractivity contribution in [2.45, 2.75) is 26.9 Å². The highest BCUT2D eigenvalue weighted by Crippen LogP contribution is 2.21. The minimum Gasteiger partial charge on any atom is -0.387 e. The van der Waals surface area contributed by atoms with Crippen molar-refractivity contribution in [2.24, 2.45) is 5.73 Å². The largest absolute Gasteiger partial charge is 0.387 e. The number of thiocarbonyl (C=S) groups is 1. The lowest BCUT2D eigenvalue weighted by Gasteiger charge is -2.04. The summed E-state index contributed by atoms with van der Waals surface area (Å²) in [5.41, 5.74) is 7.49. The SMILES string of the molecule is CCn1nc(C)c(Br)c1Cn1cnc(C(N)=S)n1. The molecule has 0 bridgehead atoms. The monoisotopic (exact) mass is 328 g/mol. The highest BCUT2D eigenvalue weighted by atomic mass is 79.9. The minimum atomic E-state index is 0.202. The molecule has 2 N–H and O–H groups in total. The van der Waals surface area contributed by atoms with Gasteiger partial charge in [-0.2, -0.15) is 5.10 Å². The van der Waals surface area contributed by atoms with Crippen molar-refractivity contribution in [2.75, 3.05) is 0 Å². The van der Waals surface area contributed by atoms with Crippen LogP contribution in [0.3, 0.4) is 0 Å². The third-order valence-electron chi connectivity index (χ3n) is 2.52. The molecule has 0 aliphatic heterocycles. The number of aryl methyl sites for hydroxylation is 2. The lowest BCUT2D eigenvalue weighted by molar-refractivity contribution is 0.573. The molecule has 0 atom stereocenters. The third-order valence-corrected chi connectivity index (χ3v) is 3.74. The van der Waals surface area contributed by atoms with Crippen molar-refractivity contribution < 1.29 is 0 Å². The Labute approximate surface area is 118 Å². The number of hydrogen-bond donors (Lipinski definition) is 1. The van der Waals surface area contributed by atoms with E-state index in [1.165, 1.54) is 0 Å². The normalized spacial score (nSPS) is 10.8. The van der Waals surface area contributed by atoms with Crippen LogP contribution in [0.1, 0.15) is 24.1 Å². The Hall–Kier alpha value is -1.28. The standard InChI is InChI=1S/C10H13BrN6S/c1-3-17-7(8(11)6(2)14-17)4-16-5-13-10(15-16)9(12)18/h5H,3-4H2,1-2H3,(H2,12,18). The summed E-state index contributed by atoms with van der Waals surface area (Å²) in [7, 11) is 0. The zero-order chi connectivity index (χ0) is 13.3. The van der Waals surface area contributed by atoms with Crippen LogP contribution >= 0.6 is 28.1 Å². The fourth-order valence-electron chi connectivity index (χ4n) is 1.66. The second-order valence-electron chi connectivity index (χ2n) is 3.79. The van der Waals surface area contributed by atoms with E-state index in [4.69, 9.17) is 18.0 Å². The summed E-state index contributed by atoms with van der Waals surface area (Å²) in [4.78, 5) is 4.25. The molecule has 2 aromatic heterocycles.